The van der Waals surface area contributed by atoms with Crippen LogP contribution < -0.4 is 4.90 Å². The summed E-state index contributed by atoms with van der Waals surface area (Å²) in [7, 11) is 0. The quantitative estimate of drug-likeness (QED) is 0.826. The first kappa shape index (κ1) is 12.3. The number of nitrogens with zero attached hydrogens (tertiary/aromatic N) is 3. The molecule has 0 amide bonds. The molecule has 0 spiro atoms. The second kappa shape index (κ2) is 5.48. The van der Waals surface area contributed by atoms with Crippen LogP contribution in [0, 0.1) is 11.3 Å². The molecule has 4 nitrogen and oxygen atoms in total. The number of ether oxygens (including phenoxy) is 1. The van der Waals surface area contributed by atoms with E-state index in [1.165, 1.54) is 0 Å². The van der Waals surface area contributed by atoms with Crippen LogP contribution in [-0.4, -0.2) is 31.3 Å². The molecule has 92 valence electrons. The van der Waals surface area contributed by atoms with Crippen molar-refractivity contribution in [3.8, 4) is 6.07 Å². The van der Waals surface area contributed by atoms with Crippen molar-refractivity contribution in [2.75, 3.05) is 31.2 Å². The van der Waals surface area contributed by atoms with Crippen LogP contribution in [0.25, 0.3) is 0 Å². The summed E-state index contributed by atoms with van der Waals surface area (Å²) in [4.78, 5) is 8.06. The van der Waals surface area contributed by atoms with E-state index in [0.717, 1.165) is 42.0 Å². The van der Waals surface area contributed by atoms with Crippen molar-refractivity contribution in [2.45, 2.75) is 26.2 Å². The molecular weight excluding hydrogens is 234 g/mol. The van der Waals surface area contributed by atoms with E-state index >= 15 is 0 Å². The summed E-state index contributed by atoms with van der Waals surface area (Å²) in [6.07, 6.45) is 0.468. The number of aromatic nitrogens is 1. The van der Waals surface area contributed by atoms with Gasteiger partial charge in [0.2, 0.25) is 0 Å². The minimum Gasteiger partial charge on any atom is -0.378 e. The summed E-state index contributed by atoms with van der Waals surface area (Å²) in [5.41, 5.74) is 1.08. The van der Waals surface area contributed by atoms with Crippen molar-refractivity contribution in [2.24, 2.45) is 0 Å². The van der Waals surface area contributed by atoms with Crippen molar-refractivity contribution < 1.29 is 4.74 Å². The van der Waals surface area contributed by atoms with Gasteiger partial charge in [-0.3, -0.25) is 0 Å². The third-order valence-electron chi connectivity index (χ3n) is 2.78. The molecule has 0 aliphatic carbocycles. The van der Waals surface area contributed by atoms with Gasteiger partial charge in [0.25, 0.3) is 0 Å². The van der Waals surface area contributed by atoms with E-state index in [4.69, 9.17) is 10.00 Å². The zero-order chi connectivity index (χ0) is 12.3. The minimum atomic E-state index is 0.379. The Morgan fingerprint density at radius 3 is 2.76 bits per heavy atom. The second-order valence-corrected chi connectivity index (χ2v) is 5.46. The van der Waals surface area contributed by atoms with E-state index in [0.29, 0.717) is 12.3 Å². The summed E-state index contributed by atoms with van der Waals surface area (Å²) in [6, 6.07) is 2.22. The molecule has 2 heterocycles. The molecule has 1 aromatic heterocycles. The first-order chi connectivity index (χ1) is 8.22. The van der Waals surface area contributed by atoms with E-state index in [9.17, 15) is 0 Å². The topological polar surface area (TPSA) is 49.2 Å². The lowest BCUT2D eigenvalue weighted by atomic mass is 10.1. The molecular formula is C12H17N3OS. The molecule has 0 aromatic carbocycles. The molecule has 0 radical (unpaired) electrons. The number of hydrogen-bond donors (Lipinski definition) is 0. The summed E-state index contributed by atoms with van der Waals surface area (Å²) < 4.78 is 5.34. The maximum absolute atomic E-state index is 8.84. The highest BCUT2D eigenvalue weighted by atomic mass is 32.1. The summed E-state index contributed by atoms with van der Waals surface area (Å²) in [5.74, 6) is 0.379. The average molecular weight is 251 g/mol. The van der Waals surface area contributed by atoms with Crippen LogP contribution in [0.15, 0.2) is 0 Å². The Bertz CT molecular complexity index is 416. The Balaban J connectivity index is 2.23. The second-order valence-electron chi connectivity index (χ2n) is 4.39. The molecule has 0 unspecified atom stereocenters. The third-order valence-corrected chi connectivity index (χ3v) is 3.92. The molecule has 1 saturated heterocycles. The van der Waals surface area contributed by atoms with E-state index in [1.54, 1.807) is 11.3 Å². The smallest absolute Gasteiger partial charge is 0.185 e. The monoisotopic (exact) mass is 251 g/mol. The van der Waals surface area contributed by atoms with Crippen LogP contribution in [0.1, 0.15) is 30.3 Å². The molecule has 0 bridgehead atoms. The minimum absolute atomic E-state index is 0.379. The number of rotatable bonds is 3. The molecule has 1 aliphatic rings. The standard InChI is InChI=1S/C12H17N3OS/c1-9(2)11-10(3-4-13)17-12(14-11)15-5-7-16-8-6-15/h9H,3,5-8H2,1-2H3. The van der Waals surface area contributed by atoms with Crippen molar-refractivity contribution in [3.63, 3.8) is 0 Å². The normalized spacial score (nSPS) is 16.2. The predicted octanol–water partition coefficient (Wildman–Crippen LogP) is 2.17. The zero-order valence-electron chi connectivity index (χ0n) is 10.3. The largest absolute Gasteiger partial charge is 0.378 e. The van der Waals surface area contributed by atoms with Gasteiger partial charge in [0.05, 0.1) is 31.4 Å². The van der Waals surface area contributed by atoms with Crippen LogP contribution >= 0.6 is 11.3 Å². The molecule has 5 heteroatoms. The molecule has 2 rings (SSSR count). The Morgan fingerprint density at radius 1 is 1.47 bits per heavy atom. The summed E-state index contributed by atoms with van der Waals surface area (Å²) in [5, 5.41) is 9.88. The molecule has 17 heavy (non-hydrogen) atoms. The fraction of sp³-hybridized carbons (Fsp3) is 0.667. The molecule has 0 saturated carbocycles. The van der Waals surface area contributed by atoms with E-state index in [1.807, 2.05) is 0 Å². The van der Waals surface area contributed by atoms with Gasteiger partial charge in [-0.2, -0.15) is 5.26 Å². The molecule has 1 fully saturated rings. The first-order valence-corrected chi connectivity index (χ1v) is 6.73. The maximum Gasteiger partial charge on any atom is 0.185 e. The third kappa shape index (κ3) is 2.76. The fourth-order valence-electron chi connectivity index (χ4n) is 1.89. The lowest BCUT2D eigenvalue weighted by Crippen LogP contribution is -2.36. The number of thiazole rings is 1. The maximum atomic E-state index is 8.84. The van der Waals surface area contributed by atoms with Gasteiger partial charge in [0.15, 0.2) is 5.13 Å². The Morgan fingerprint density at radius 2 is 2.18 bits per heavy atom. The van der Waals surface area contributed by atoms with Crippen molar-refractivity contribution >= 4 is 16.5 Å². The van der Waals surface area contributed by atoms with Gasteiger partial charge in [0.1, 0.15) is 0 Å². The van der Waals surface area contributed by atoms with Crippen molar-refractivity contribution in [1.29, 1.82) is 5.26 Å². The number of nitriles is 1. The van der Waals surface area contributed by atoms with Gasteiger partial charge >= 0.3 is 0 Å². The Hall–Kier alpha value is -1.12. The Labute approximate surface area is 106 Å². The SMILES string of the molecule is CC(C)c1nc(N2CCOCC2)sc1CC#N. The summed E-state index contributed by atoms with van der Waals surface area (Å²) >= 11 is 1.66. The molecule has 0 N–H and O–H groups in total. The average Bonchev–Trinajstić information content (AvgIpc) is 2.75. The molecule has 1 aliphatic heterocycles. The van der Waals surface area contributed by atoms with E-state index in [-0.39, 0.29) is 0 Å². The zero-order valence-corrected chi connectivity index (χ0v) is 11.1. The van der Waals surface area contributed by atoms with Crippen LogP contribution in [-0.2, 0) is 11.2 Å². The number of morpholine rings is 1. The van der Waals surface area contributed by atoms with Gasteiger partial charge in [-0.25, -0.2) is 4.98 Å². The van der Waals surface area contributed by atoms with Gasteiger partial charge < -0.3 is 9.64 Å². The van der Waals surface area contributed by atoms with Gasteiger partial charge in [-0.1, -0.05) is 13.8 Å². The highest BCUT2D eigenvalue weighted by Gasteiger charge is 2.19. The van der Waals surface area contributed by atoms with Crippen LogP contribution in [0.5, 0.6) is 0 Å². The van der Waals surface area contributed by atoms with Gasteiger partial charge in [-0.05, 0) is 5.92 Å². The van der Waals surface area contributed by atoms with Crippen molar-refractivity contribution in [1.82, 2.24) is 4.98 Å². The highest BCUT2D eigenvalue weighted by molar-refractivity contribution is 7.15. The predicted molar refractivity (Wildman–Crippen MR) is 68.6 cm³/mol. The Kier molecular flexibility index (Phi) is 3.97. The lowest BCUT2D eigenvalue weighted by molar-refractivity contribution is 0.122. The van der Waals surface area contributed by atoms with E-state index in [2.05, 4.69) is 29.8 Å². The van der Waals surface area contributed by atoms with Crippen LogP contribution in [0.2, 0.25) is 0 Å². The molecule has 0 atom stereocenters. The van der Waals surface area contributed by atoms with Crippen LogP contribution in [0.4, 0.5) is 5.13 Å². The highest BCUT2D eigenvalue weighted by Crippen LogP contribution is 2.31. The lowest BCUT2D eigenvalue weighted by Gasteiger charge is -2.26. The van der Waals surface area contributed by atoms with E-state index < -0.39 is 0 Å². The summed E-state index contributed by atoms with van der Waals surface area (Å²) in [6.45, 7) is 7.58. The number of anilines is 1. The number of hydrogen-bond acceptors (Lipinski definition) is 5. The van der Waals surface area contributed by atoms with Gasteiger partial charge in [0, 0.05) is 18.0 Å². The fourth-order valence-corrected chi connectivity index (χ4v) is 3.09. The van der Waals surface area contributed by atoms with Crippen LogP contribution in [0.3, 0.4) is 0 Å². The molecule has 1 aromatic rings. The first-order valence-electron chi connectivity index (χ1n) is 5.91. The van der Waals surface area contributed by atoms with Crippen molar-refractivity contribution in [3.05, 3.63) is 10.6 Å². The van der Waals surface area contributed by atoms with Gasteiger partial charge in [-0.15, -0.1) is 11.3 Å².